The molecule has 0 bridgehead atoms. The molecule has 0 aromatic heterocycles. The Balaban J connectivity index is 2.55. The second kappa shape index (κ2) is 4.23. The van der Waals surface area contributed by atoms with Gasteiger partial charge in [0.2, 0.25) is 0 Å². The van der Waals surface area contributed by atoms with Crippen LogP contribution in [0.2, 0.25) is 0 Å². The first kappa shape index (κ1) is 9.98. The molecule has 0 aliphatic carbocycles. The lowest BCUT2D eigenvalue weighted by molar-refractivity contribution is -0.152. The quantitative estimate of drug-likeness (QED) is 0.664. The van der Waals surface area contributed by atoms with E-state index in [-0.39, 0.29) is 6.42 Å². The molecule has 1 saturated heterocycles. The van der Waals surface area contributed by atoms with Crippen molar-refractivity contribution in [2.45, 2.75) is 25.4 Å². The maximum atomic E-state index is 10.7. The Morgan fingerprint density at radius 2 is 2.15 bits per heavy atom. The van der Waals surface area contributed by atoms with E-state index in [1.165, 1.54) is 0 Å². The zero-order valence-corrected chi connectivity index (χ0v) is 7.10. The van der Waals surface area contributed by atoms with Gasteiger partial charge in [-0.15, -0.1) is 0 Å². The van der Waals surface area contributed by atoms with Crippen molar-refractivity contribution in [2.24, 2.45) is 5.92 Å². The highest BCUT2D eigenvalue weighted by Gasteiger charge is 2.33. The fraction of sp³-hybridized carbons (Fsp3) is 0.750. The summed E-state index contributed by atoms with van der Waals surface area (Å²) in [4.78, 5) is 21.0. The van der Waals surface area contributed by atoms with Crippen LogP contribution in [-0.4, -0.2) is 34.9 Å². The highest BCUT2D eigenvalue weighted by atomic mass is 16.5. The van der Waals surface area contributed by atoms with E-state index in [0.717, 1.165) is 6.42 Å². The molecule has 5 nitrogen and oxygen atoms in total. The van der Waals surface area contributed by atoms with Gasteiger partial charge >= 0.3 is 11.9 Å². The maximum absolute atomic E-state index is 10.7. The Morgan fingerprint density at radius 3 is 2.54 bits per heavy atom. The molecule has 1 aliphatic rings. The Kier molecular flexibility index (Phi) is 3.25. The van der Waals surface area contributed by atoms with E-state index in [1.807, 2.05) is 0 Å². The number of hydrogen-bond acceptors (Lipinski definition) is 3. The van der Waals surface area contributed by atoms with Crippen molar-refractivity contribution < 1.29 is 24.5 Å². The molecule has 0 saturated carbocycles. The molecule has 1 rings (SSSR count). The average molecular weight is 188 g/mol. The lowest BCUT2D eigenvalue weighted by Crippen LogP contribution is -2.29. The number of rotatable bonds is 4. The smallest absolute Gasteiger partial charge is 0.309 e. The first-order chi connectivity index (χ1) is 6.11. The summed E-state index contributed by atoms with van der Waals surface area (Å²) in [7, 11) is 0. The third kappa shape index (κ3) is 2.69. The number of carboxylic acid groups (broad SMARTS) is 2. The summed E-state index contributed by atoms with van der Waals surface area (Å²) in [6, 6.07) is 0. The molecule has 0 unspecified atom stereocenters. The molecule has 0 radical (unpaired) electrons. The van der Waals surface area contributed by atoms with E-state index < -0.39 is 24.0 Å². The molecule has 0 aromatic carbocycles. The molecule has 1 heterocycles. The Bertz CT molecular complexity index is 207. The minimum atomic E-state index is -1.09. The fourth-order valence-electron chi connectivity index (χ4n) is 1.49. The first-order valence-corrected chi connectivity index (χ1v) is 4.17. The normalized spacial score (nSPS) is 24.2. The number of aliphatic carboxylic acids is 2. The first-order valence-electron chi connectivity index (χ1n) is 4.17. The van der Waals surface area contributed by atoms with E-state index in [0.29, 0.717) is 13.0 Å². The second-order valence-corrected chi connectivity index (χ2v) is 3.09. The number of carbonyl (C=O) groups is 2. The van der Waals surface area contributed by atoms with Crippen molar-refractivity contribution in [3.8, 4) is 0 Å². The summed E-state index contributed by atoms with van der Waals surface area (Å²) < 4.78 is 5.13. The molecule has 2 N–H and O–H groups in total. The minimum absolute atomic E-state index is 0.361. The van der Waals surface area contributed by atoms with Gasteiger partial charge in [-0.3, -0.25) is 9.59 Å². The number of ether oxygens (including phenoxy) is 1. The van der Waals surface area contributed by atoms with E-state index in [4.69, 9.17) is 14.9 Å². The zero-order chi connectivity index (χ0) is 9.84. The minimum Gasteiger partial charge on any atom is -0.481 e. The summed E-state index contributed by atoms with van der Waals surface area (Å²) in [6.45, 7) is 0.536. The third-order valence-electron chi connectivity index (χ3n) is 2.13. The van der Waals surface area contributed by atoms with Crippen LogP contribution < -0.4 is 0 Å². The van der Waals surface area contributed by atoms with Crippen LogP contribution in [0.4, 0.5) is 0 Å². The van der Waals surface area contributed by atoms with Crippen LogP contribution in [-0.2, 0) is 14.3 Å². The predicted molar refractivity (Wildman–Crippen MR) is 42.4 cm³/mol. The molecule has 74 valence electrons. The molecule has 0 amide bonds. The number of carboxylic acids is 2. The molecule has 5 heteroatoms. The zero-order valence-electron chi connectivity index (χ0n) is 7.10. The highest BCUT2D eigenvalue weighted by Crippen LogP contribution is 2.23. The summed E-state index contributed by atoms with van der Waals surface area (Å²) in [6.07, 6.45) is 0.673. The average Bonchev–Trinajstić information content (AvgIpc) is 2.50. The predicted octanol–water partition coefficient (Wildman–Crippen LogP) is 0.341. The van der Waals surface area contributed by atoms with Gasteiger partial charge in [0, 0.05) is 6.61 Å². The highest BCUT2D eigenvalue weighted by molar-refractivity contribution is 5.78. The van der Waals surface area contributed by atoms with Gasteiger partial charge in [0.25, 0.3) is 0 Å². The molecule has 1 fully saturated rings. The molecule has 0 aromatic rings. The topological polar surface area (TPSA) is 83.8 Å². The lowest BCUT2D eigenvalue weighted by Gasteiger charge is -2.16. The molecular weight excluding hydrogens is 176 g/mol. The Hall–Kier alpha value is -1.10. The van der Waals surface area contributed by atoms with Crippen LogP contribution >= 0.6 is 0 Å². The van der Waals surface area contributed by atoms with Gasteiger partial charge in [0.05, 0.1) is 18.4 Å². The van der Waals surface area contributed by atoms with Gasteiger partial charge in [0.15, 0.2) is 0 Å². The van der Waals surface area contributed by atoms with Crippen LogP contribution in [0.3, 0.4) is 0 Å². The molecule has 1 aliphatic heterocycles. The van der Waals surface area contributed by atoms with Crippen LogP contribution in [0.25, 0.3) is 0 Å². The van der Waals surface area contributed by atoms with Gasteiger partial charge in [0.1, 0.15) is 0 Å². The summed E-state index contributed by atoms with van der Waals surface area (Å²) in [5.41, 5.74) is 0. The molecule has 13 heavy (non-hydrogen) atoms. The van der Waals surface area contributed by atoms with Gasteiger partial charge in [-0.25, -0.2) is 0 Å². The third-order valence-corrected chi connectivity index (χ3v) is 2.13. The van der Waals surface area contributed by atoms with Gasteiger partial charge in [-0.05, 0) is 12.8 Å². The van der Waals surface area contributed by atoms with Crippen LogP contribution in [0.15, 0.2) is 0 Å². The summed E-state index contributed by atoms with van der Waals surface area (Å²) in [5, 5.41) is 17.2. The van der Waals surface area contributed by atoms with E-state index >= 15 is 0 Å². The van der Waals surface area contributed by atoms with Crippen LogP contribution in [0, 0.1) is 5.92 Å². The number of hydrogen-bond donors (Lipinski definition) is 2. The van der Waals surface area contributed by atoms with Crippen LogP contribution in [0.1, 0.15) is 19.3 Å². The fourth-order valence-corrected chi connectivity index (χ4v) is 1.49. The SMILES string of the molecule is O=C(O)C[C@@H](C(=O)O)[C@H]1CCCO1. The van der Waals surface area contributed by atoms with Gasteiger partial charge in [-0.2, -0.15) is 0 Å². The Labute approximate surface area is 75.3 Å². The standard InChI is InChI=1S/C8H12O5/c9-7(10)4-5(8(11)12)6-2-1-3-13-6/h5-6H,1-4H2,(H,9,10)(H,11,12)/t5-,6-/m1/s1. The van der Waals surface area contributed by atoms with Crippen molar-refractivity contribution in [3.05, 3.63) is 0 Å². The van der Waals surface area contributed by atoms with E-state index in [2.05, 4.69) is 0 Å². The monoisotopic (exact) mass is 188 g/mol. The van der Waals surface area contributed by atoms with Crippen molar-refractivity contribution in [2.75, 3.05) is 6.61 Å². The maximum Gasteiger partial charge on any atom is 0.309 e. The van der Waals surface area contributed by atoms with E-state index in [1.54, 1.807) is 0 Å². The van der Waals surface area contributed by atoms with Gasteiger partial charge in [-0.1, -0.05) is 0 Å². The summed E-state index contributed by atoms with van der Waals surface area (Å²) in [5.74, 6) is -3.09. The molecule has 0 spiro atoms. The van der Waals surface area contributed by atoms with Crippen LogP contribution in [0.5, 0.6) is 0 Å². The summed E-state index contributed by atoms with van der Waals surface area (Å²) >= 11 is 0. The van der Waals surface area contributed by atoms with Crippen molar-refractivity contribution in [3.63, 3.8) is 0 Å². The van der Waals surface area contributed by atoms with Crippen molar-refractivity contribution in [1.29, 1.82) is 0 Å². The van der Waals surface area contributed by atoms with Crippen molar-refractivity contribution >= 4 is 11.9 Å². The Morgan fingerprint density at radius 1 is 1.46 bits per heavy atom. The molecule has 2 atom stereocenters. The molecular formula is C8H12O5. The lowest BCUT2D eigenvalue weighted by atomic mass is 9.97. The largest absolute Gasteiger partial charge is 0.481 e. The van der Waals surface area contributed by atoms with E-state index in [9.17, 15) is 9.59 Å². The van der Waals surface area contributed by atoms with Crippen molar-refractivity contribution in [1.82, 2.24) is 0 Å². The van der Waals surface area contributed by atoms with Gasteiger partial charge < -0.3 is 14.9 Å². The second-order valence-electron chi connectivity index (χ2n) is 3.09.